The maximum Gasteiger partial charge on any atom is 0.255 e. The third kappa shape index (κ3) is 4.59. The molecule has 6 heteroatoms. The molecule has 3 rings (SSSR count). The average molecular weight is 378 g/mol. The molecular weight excluding hydrogens is 356 g/mol. The van der Waals surface area contributed by atoms with E-state index >= 15 is 0 Å². The maximum absolute atomic E-state index is 12.7. The van der Waals surface area contributed by atoms with Gasteiger partial charge in [0, 0.05) is 5.56 Å². The Morgan fingerprint density at radius 2 is 1.86 bits per heavy atom. The third-order valence-corrected chi connectivity index (χ3v) is 4.16. The third-order valence-electron chi connectivity index (χ3n) is 4.16. The first-order chi connectivity index (χ1) is 13.6. The number of carbonyl (C=O) groups is 2. The lowest BCUT2D eigenvalue weighted by atomic mass is 10.1. The highest BCUT2D eigenvalue weighted by Crippen LogP contribution is 2.21. The van der Waals surface area contributed by atoms with Crippen LogP contribution in [0.3, 0.4) is 0 Å². The number of carbonyl (C=O) groups excluding carboxylic acids is 2. The van der Waals surface area contributed by atoms with Crippen LogP contribution >= 0.6 is 0 Å². The predicted octanol–water partition coefficient (Wildman–Crippen LogP) is 4.17. The first-order valence-electron chi connectivity index (χ1n) is 9.03. The first kappa shape index (κ1) is 19.2. The molecule has 144 valence electrons. The van der Waals surface area contributed by atoms with Crippen LogP contribution in [0, 0.1) is 6.92 Å². The van der Waals surface area contributed by atoms with E-state index in [9.17, 15) is 9.59 Å². The highest BCUT2D eigenvalue weighted by atomic mass is 16.5. The highest BCUT2D eigenvalue weighted by molar-refractivity contribution is 6.09. The van der Waals surface area contributed by atoms with E-state index in [2.05, 4.69) is 10.6 Å². The second-order valence-electron chi connectivity index (χ2n) is 6.18. The minimum absolute atomic E-state index is 0.270. The lowest BCUT2D eigenvalue weighted by molar-refractivity contribution is 0.0949. The number of hydrogen-bond acceptors (Lipinski definition) is 4. The molecule has 0 saturated heterocycles. The summed E-state index contributed by atoms with van der Waals surface area (Å²) in [4.78, 5) is 25.2. The molecule has 0 radical (unpaired) electrons. The topological polar surface area (TPSA) is 80.6 Å². The Bertz CT molecular complexity index is 964. The molecule has 0 bridgehead atoms. The van der Waals surface area contributed by atoms with Crippen molar-refractivity contribution < 1.29 is 18.7 Å². The second-order valence-corrected chi connectivity index (χ2v) is 6.18. The van der Waals surface area contributed by atoms with Crippen molar-refractivity contribution in [2.24, 2.45) is 0 Å². The highest BCUT2D eigenvalue weighted by Gasteiger charge is 2.15. The summed E-state index contributed by atoms with van der Waals surface area (Å²) in [6.45, 7) is 4.63. The van der Waals surface area contributed by atoms with Crippen molar-refractivity contribution in [2.75, 3.05) is 11.9 Å². The second kappa shape index (κ2) is 8.90. The van der Waals surface area contributed by atoms with Gasteiger partial charge in [-0.2, -0.15) is 0 Å². The predicted molar refractivity (Wildman–Crippen MR) is 107 cm³/mol. The molecule has 0 aliphatic carbocycles. The number of anilines is 1. The van der Waals surface area contributed by atoms with Crippen LogP contribution in [0.2, 0.25) is 0 Å². The van der Waals surface area contributed by atoms with Gasteiger partial charge in [-0.05, 0) is 61.9 Å². The quantitative estimate of drug-likeness (QED) is 0.647. The number of hydrogen-bond donors (Lipinski definition) is 2. The molecule has 6 nitrogen and oxygen atoms in total. The Hall–Kier alpha value is -3.54. The van der Waals surface area contributed by atoms with Crippen LogP contribution in [0.25, 0.3) is 0 Å². The largest absolute Gasteiger partial charge is 0.494 e. The standard InChI is InChI=1S/C22H22N2O4/c1-3-27-20-11-10-16(13-15(20)2)21(25)24-19-9-5-4-8-18(19)22(26)23-14-17-7-6-12-28-17/h4-13H,3,14H2,1-2H3,(H,23,26)(H,24,25). The van der Waals surface area contributed by atoms with E-state index in [4.69, 9.17) is 9.15 Å². The Balaban J connectivity index is 1.72. The van der Waals surface area contributed by atoms with E-state index in [1.807, 2.05) is 13.8 Å². The summed E-state index contributed by atoms with van der Waals surface area (Å²) >= 11 is 0. The fourth-order valence-electron chi connectivity index (χ4n) is 2.77. The van der Waals surface area contributed by atoms with Crippen LogP contribution in [0.15, 0.2) is 65.3 Å². The number of rotatable bonds is 7. The summed E-state index contributed by atoms with van der Waals surface area (Å²) in [5.41, 5.74) is 2.19. The van der Waals surface area contributed by atoms with E-state index in [-0.39, 0.29) is 18.4 Å². The molecule has 1 aromatic heterocycles. The smallest absolute Gasteiger partial charge is 0.255 e. The maximum atomic E-state index is 12.7. The molecule has 0 saturated carbocycles. The van der Waals surface area contributed by atoms with Gasteiger partial charge < -0.3 is 19.8 Å². The summed E-state index contributed by atoms with van der Waals surface area (Å²) in [5, 5.41) is 5.60. The lowest BCUT2D eigenvalue weighted by Crippen LogP contribution is -2.24. The molecule has 1 heterocycles. The van der Waals surface area contributed by atoms with Crippen molar-refractivity contribution in [1.82, 2.24) is 5.32 Å². The number of ether oxygens (including phenoxy) is 1. The number of furan rings is 1. The van der Waals surface area contributed by atoms with Crippen LogP contribution in [0.5, 0.6) is 5.75 Å². The van der Waals surface area contributed by atoms with Gasteiger partial charge in [-0.1, -0.05) is 12.1 Å². The van der Waals surface area contributed by atoms with Gasteiger partial charge >= 0.3 is 0 Å². The first-order valence-corrected chi connectivity index (χ1v) is 9.03. The van der Waals surface area contributed by atoms with Gasteiger partial charge in [0.2, 0.25) is 0 Å². The molecule has 0 fully saturated rings. The van der Waals surface area contributed by atoms with Crippen molar-refractivity contribution in [3.05, 3.63) is 83.3 Å². The molecule has 3 aromatic rings. The summed E-state index contributed by atoms with van der Waals surface area (Å²) in [6, 6.07) is 15.7. The van der Waals surface area contributed by atoms with Gasteiger partial charge in [-0.25, -0.2) is 0 Å². The monoisotopic (exact) mass is 378 g/mol. The molecule has 2 N–H and O–H groups in total. The Morgan fingerprint density at radius 3 is 2.57 bits per heavy atom. The van der Waals surface area contributed by atoms with E-state index in [0.29, 0.717) is 29.2 Å². The van der Waals surface area contributed by atoms with Crippen molar-refractivity contribution in [3.63, 3.8) is 0 Å². The summed E-state index contributed by atoms with van der Waals surface area (Å²) in [6.07, 6.45) is 1.55. The SMILES string of the molecule is CCOc1ccc(C(=O)Nc2ccccc2C(=O)NCc2ccco2)cc1C. The number of nitrogens with one attached hydrogen (secondary N) is 2. The zero-order valence-corrected chi connectivity index (χ0v) is 15.8. The van der Waals surface area contributed by atoms with E-state index in [0.717, 1.165) is 11.3 Å². The van der Waals surface area contributed by atoms with E-state index in [1.54, 1.807) is 60.9 Å². The molecule has 0 unspecified atom stereocenters. The molecule has 0 aliphatic rings. The molecular formula is C22H22N2O4. The number of amides is 2. The number of para-hydroxylation sites is 1. The summed E-state index contributed by atoms with van der Waals surface area (Å²) in [5.74, 6) is 0.809. The average Bonchev–Trinajstić information content (AvgIpc) is 3.22. The fourth-order valence-corrected chi connectivity index (χ4v) is 2.77. The molecule has 0 atom stereocenters. The lowest BCUT2D eigenvalue weighted by Gasteiger charge is -2.12. The van der Waals surface area contributed by atoms with Gasteiger partial charge in [0.05, 0.1) is 30.7 Å². The minimum atomic E-state index is -0.296. The zero-order valence-electron chi connectivity index (χ0n) is 15.8. The summed E-state index contributed by atoms with van der Waals surface area (Å²) < 4.78 is 10.7. The van der Waals surface area contributed by atoms with Gasteiger partial charge in [0.15, 0.2) is 0 Å². The molecule has 2 amide bonds. The van der Waals surface area contributed by atoms with Gasteiger partial charge in [-0.15, -0.1) is 0 Å². The van der Waals surface area contributed by atoms with E-state index in [1.165, 1.54) is 0 Å². The Morgan fingerprint density at radius 1 is 1.04 bits per heavy atom. The van der Waals surface area contributed by atoms with Crippen LogP contribution in [-0.4, -0.2) is 18.4 Å². The number of aryl methyl sites for hydroxylation is 1. The van der Waals surface area contributed by atoms with Crippen LogP contribution in [-0.2, 0) is 6.54 Å². The van der Waals surface area contributed by atoms with Crippen molar-refractivity contribution in [3.8, 4) is 5.75 Å². The minimum Gasteiger partial charge on any atom is -0.494 e. The van der Waals surface area contributed by atoms with Gasteiger partial charge in [0.1, 0.15) is 11.5 Å². The molecule has 0 aliphatic heterocycles. The Labute approximate surface area is 163 Å². The normalized spacial score (nSPS) is 10.4. The molecule has 0 spiro atoms. The number of benzene rings is 2. The summed E-state index contributed by atoms with van der Waals surface area (Å²) in [7, 11) is 0. The fraction of sp³-hybridized carbons (Fsp3) is 0.182. The van der Waals surface area contributed by atoms with Crippen molar-refractivity contribution in [1.29, 1.82) is 0 Å². The van der Waals surface area contributed by atoms with E-state index < -0.39 is 0 Å². The van der Waals surface area contributed by atoms with Gasteiger partial charge in [0.25, 0.3) is 11.8 Å². The van der Waals surface area contributed by atoms with Crippen molar-refractivity contribution in [2.45, 2.75) is 20.4 Å². The molecule has 2 aromatic carbocycles. The van der Waals surface area contributed by atoms with Crippen LogP contribution < -0.4 is 15.4 Å². The zero-order chi connectivity index (χ0) is 19.9. The van der Waals surface area contributed by atoms with Gasteiger partial charge in [-0.3, -0.25) is 9.59 Å². The molecule has 28 heavy (non-hydrogen) atoms. The Kier molecular flexibility index (Phi) is 6.11. The van der Waals surface area contributed by atoms with Crippen molar-refractivity contribution >= 4 is 17.5 Å². The van der Waals surface area contributed by atoms with Crippen LogP contribution in [0.1, 0.15) is 39.0 Å². The van der Waals surface area contributed by atoms with Crippen LogP contribution in [0.4, 0.5) is 5.69 Å².